The largest absolute Gasteiger partial charge is 0.494 e. The Bertz CT molecular complexity index is 537. The van der Waals surface area contributed by atoms with Gasteiger partial charge >= 0.3 is 7.12 Å². The van der Waals surface area contributed by atoms with Crippen LogP contribution in [-0.2, 0) is 9.31 Å². The Hall–Kier alpha value is -1.53. The highest BCUT2D eigenvalue weighted by Gasteiger charge is 2.51. The molecule has 0 radical (unpaired) electrons. The Morgan fingerprint density at radius 2 is 1.62 bits per heavy atom. The SMILES string of the molecule is COc1cc(B2OC(C)(C)C(C)(C)O2)cc(C=O)c1OC. The molecule has 0 unspecified atom stereocenters. The molecule has 0 saturated carbocycles. The van der Waals surface area contributed by atoms with Crippen molar-refractivity contribution in [2.75, 3.05) is 14.2 Å². The molecule has 1 aliphatic heterocycles. The zero-order valence-electron chi connectivity index (χ0n) is 13.4. The maximum atomic E-state index is 11.3. The lowest BCUT2D eigenvalue weighted by molar-refractivity contribution is 0.00578. The lowest BCUT2D eigenvalue weighted by Gasteiger charge is -2.32. The molecule has 6 heteroatoms. The van der Waals surface area contributed by atoms with Crippen LogP contribution in [-0.4, -0.2) is 38.8 Å². The molecule has 1 fully saturated rings. The summed E-state index contributed by atoms with van der Waals surface area (Å²) in [5.74, 6) is 0.888. The number of aldehydes is 1. The van der Waals surface area contributed by atoms with Gasteiger partial charge in [-0.3, -0.25) is 4.79 Å². The molecule has 1 aromatic rings. The summed E-state index contributed by atoms with van der Waals surface area (Å²) in [6.07, 6.45) is 0.732. The van der Waals surface area contributed by atoms with Gasteiger partial charge in [0.1, 0.15) is 0 Å². The quantitative estimate of drug-likeness (QED) is 0.626. The Labute approximate surface area is 125 Å². The average molecular weight is 292 g/mol. The fourth-order valence-electron chi connectivity index (χ4n) is 2.22. The highest BCUT2D eigenvalue weighted by molar-refractivity contribution is 6.62. The number of hydrogen-bond acceptors (Lipinski definition) is 5. The van der Waals surface area contributed by atoms with Crippen molar-refractivity contribution < 1.29 is 23.6 Å². The maximum Gasteiger partial charge on any atom is 0.494 e. The molecular weight excluding hydrogens is 271 g/mol. The molecule has 1 aromatic carbocycles. The molecule has 1 saturated heterocycles. The smallest absolute Gasteiger partial charge is 0.493 e. The Kier molecular flexibility index (Phi) is 4.04. The van der Waals surface area contributed by atoms with E-state index < -0.39 is 18.3 Å². The summed E-state index contributed by atoms with van der Waals surface area (Å²) in [4.78, 5) is 11.3. The first-order chi connectivity index (χ1) is 9.75. The van der Waals surface area contributed by atoms with Gasteiger partial charge in [0.25, 0.3) is 0 Å². The lowest BCUT2D eigenvalue weighted by Crippen LogP contribution is -2.41. The third-order valence-corrected chi connectivity index (χ3v) is 4.18. The summed E-state index contributed by atoms with van der Waals surface area (Å²) < 4.78 is 22.5. The molecule has 0 amide bonds. The van der Waals surface area contributed by atoms with Crippen LogP contribution in [0.3, 0.4) is 0 Å². The Balaban J connectivity index is 2.45. The minimum Gasteiger partial charge on any atom is -0.493 e. The van der Waals surface area contributed by atoms with Gasteiger partial charge in [-0.15, -0.1) is 0 Å². The number of benzene rings is 1. The number of carbonyl (C=O) groups is 1. The second kappa shape index (κ2) is 5.35. The predicted molar refractivity (Wildman–Crippen MR) is 80.6 cm³/mol. The van der Waals surface area contributed by atoms with Crippen molar-refractivity contribution in [1.82, 2.24) is 0 Å². The zero-order valence-corrected chi connectivity index (χ0v) is 13.4. The van der Waals surface area contributed by atoms with E-state index in [9.17, 15) is 4.79 Å². The van der Waals surface area contributed by atoms with E-state index in [1.165, 1.54) is 14.2 Å². The van der Waals surface area contributed by atoms with Crippen LogP contribution in [0.5, 0.6) is 11.5 Å². The van der Waals surface area contributed by atoms with Gasteiger partial charge < -0.3 is 18.8 Å². The number of rotatable bonds is 4. The fraction of sp³-hybridized carbons (Fsp3) is 0.533. The molecule has 0 N–H and O–H groups in total. The first kappa shape index (κ1) is 15.9. The van der Waals surface area contributed by atoms with Gasteiger partial charge in [-0.05, 0) is 45.3 Å². The molecule has 0 aliphatic carbocycles. The van der Waals surface area contributed by atoms with Crippen LogP contribution in [0.15, 0.2) is 12.1 Å². The van der Waals surface area contributed by atoms with Gasteiger partial charge in [-0.25, -0.2) is 0 Å². The second-order valence-electron chi connectivity index (χ2n) is 6.05. The molecular formula is C15H21BO5. The highest BCUT2D eigenvalue weighted by atomic mass is 16.7. The third-order valence-electron chi connectivity index (χ3n) is 4.18. The van der Waals surface area contributed by atoms with Gasteiger partial charge in [-0.2, -0.15) is 0 Å². The van der Waals surface area contributed by atoms with E-state index in [2.05, 4.69) is 0 Å². The number of hydrogen-bond donors (Lipinski definition) is 0. The van der Waals surface area contributed by atoms with Crippen molar-refractivity contribution in [3.05, 3.63) is 17.7 Å². The summed E-state index contributed by atoms with van der Waals surface area (Å²) in [5.41, 5.74) is 0.258. The van der Waals surface area contributed by atoms with Crippen molar-refractivity contribution in [1.29, 1.82) is 0 Å². The van der Waals surface area contributed by atoms with Gasteiger partial charge in [0.15, 0.2) is 17.8 Å². The van der Waals surface area contributed by atoms with Crippen LogP contribution in [0, 0.1) is 0 Å². The molecule has 1 heterocycles. The van der Waals surface area contributed by atoms with Crippen LogP contribution in [0.2, 0.25) is 0 Å². The fourth-order valence-corrected chi connectivity index (χ4v) is 2.22. The molecule has 114 valence electrons. The minimum absolute atomic E-state index is 0.404. The van der Waals surface area contributed by atoms with Crippen LogP contribution in [0.1, 0.15) is 38.1 Å². The summed E-state index contributed by atoms with van der Waals surface area (Å²) in [6, 6.07) is 3.48. The van der Waals surface area contributed by atoms with Crippen molar-refractivity contribution in [2.45, 2.75) is 38.9 Å². The van der Waals surface area contributed by atoms with Crippen molar-refractivity contribution in [2.24, 2.45) is 0 Å². The molecule has 1 aliphatic rings. The predicted octanol–water partition coefficient (Wildman–Crippen LogP) is 1.82. The van der Waals surface area contributed by atoms with E-state index in [0.29, 0.717) is 17.1 Å². The third kappa shape index (κ3) is 2.65. The van der Waals surface area contributed by atoms with E-state index in [-0.39, 0.29) is 0 Å². The van der Waals surface area contributed by atoms with Crippen LogP contribution < -0.4 is 14.9 Å². The van der Waals surface area contributed by atoms with Crippen molar-refractivity contribution >= 4 is 18.9 Å². The van der Waals surface area contributed by atoms with Gasteiger partial charge in [0.2, 0.25) is 0 Å². The van der Waals surface area contributed by atoms with Crippen molar-refractivity contribution in [3.63, 3.8) is 0 Å². The van der Waals surface area contributed by atoms with E-state index in [0.717, 1.165) is 11.7 Å². The summed E-state index contributed by atoms with van der Waals surface area (Å²) in [5, 5.41) is 0. The molecule has 21 heavy (non-hydrogen) atoms. The molecule has 0 atom stereocenters. The molecule has 0 aromatic heterocycles. The number of carbonyl (C=O) groups excluding carboxylic acids is 1. The summed E-state index contributed by atoms with van der Waals surface area (Å²) >= 11 is 0. The Morgan fingerprint density at radius 1 is 1.05 bits per heavy atom. The van der Waals surface area contributed by atoms with E-state index >= 15 is 0 Å². The molecule has 5 nitrogen and oxygen atoms in total. The van der Waals surface area contributed by atoms with Crippen LogP contribution in [0.4, 0.5) is 0 Å². The molecule has 0 bridgehead atoms. The van der Waals surface area contributed by atoms with E-state index in [4.69, 9.17) is 18.8 Å². The van der Waals surface area contributed by atoms with Gasteiger partial charge in [-0.1, -0.05) is 0 Å². The first-order valence-electron chi connectivity index (χ1n) is 6.82. The minimum atomic E-state index is -0.548. The van der Waals surface area contributed by atoms with Crippen LogP contribution in [0.25, 0.3) is 0 Å². The zero-order chi connectivity index (χ0) is 15.8. The topological polar surface area (TPSA) is 54.0 Å². The lowest BCUT2D eigenvalue weighted by atomic mass is 9.78. The standard InChI is InChI=1S/C15H21BO5/c1-14(2)15(3,4)21-16(20-14)11-7-10(9-17)13(19-6)12(8-11)18-5/h7-9H,1-6H3. The molecule has 2 rings (SSSR count). The first-order valence-corrected chi connectivity index (χ1v) is 6.82. The summed E-state index contributed by atoms with van der Waals surface area (Å²) in [6.45, 7) is 7.92. The number of methoxy groups -OCH3 is 2. The second-order valence-corrected chi connectivity index (χ2v) is 6.05. The molecule has 0 spiro atoms. The Morgan fingerprint density at radius 3 is 2.05 bits per heavy atom. The highest BCUT2D eigenvalue weighted by Crippen LogP contribution is 2.37. The monoisotopic (exact) mass is 292 g/mol. The van der Waals surface area contributed by atoms with E-state index in [1.54, 1.807) is 12.1 Å². The van der Waals surface area contributed by atoms with Gasteiger partial charge in [0.05, 0.1) is 31.0 Å². The number of ether oxygens (including phenoxy) is 2. The van der Waals surface area contributed by atoms with Gasteiger partial charge in [0, 0.05) is 0 Å². The maximum absolute atomic E-state index is 11.3. The normalized spacial score (nSPS) is 19.4. The van der Waals surface area contributed by atoms with E-state index in [1.807, 2.05) is 27.7 Å². The van der Waals surface area contributed by atoms with Crippen LogP contribution >= 0.6 is 0 Å². The van der Waals surface area contributed by atoms with Crippen molar-refractivity contribution in [3.8, 4) is 11.5 Å². The average Bonchev–Trinajstić information content (AvgIpc) is 2.65. The summed E-state index contributed by atoms with van der Waals surface area (Å²) in [7, 11) is 2.48.